The predicted molar refractivity (Wildman–Crippen MR) is 73.5 cm³/mol. The second-order valence-corrected chi connectivity index (χ2v) is 4.66. The Bertz CT molecular complexity index is 468. The van der Waals surface area contributed by atoms with Crippen molar-refractivity contribution < 1.29 is 4.79 Å². The number of aromatic nitrogens is 3. The molecule has 19 heavy (non-hydrogen) atoms. The van der Waals surface area contributed by atoms with Gasteiger partial charge in [0.05, 0.1) is 0 Å². The van der Waals surface area contributed by atoms with Gasteiger partial charge in [-0.05, 0) is 18.0 Å². The summed E-state index contributed by atoms with van der Waals surface area (Å²) < 4.78 is 0. The zero-order valence-corrected chi connectivity index (χ0v) is 11.8. The van der Waals surface area contributed by atoms with Crippen molar-refractivity contribution in [3.8, 4) is 0 Å². The summed E-state index contributed by atoms with van der Waals surface area (Å²) in [6.45, 7) is 4.53. The monoisotopic (exact) mass is 284 g/mol. The lowest BCUT2D eigenvalue weighted by atomic mass is 10.4. The fraction of sp³-hybridized carbons (Fsp3) is 0.636. The highest BCUT2D eigenvalue weighted by molar-refractivity contribution is 6.28. The minimum Gasteiger partial charge on any atom is -0.357 e. The number of rotatable bonds is 2. The Morgan fingerprint density at radius 1 is 1.21 bits per heavy atom. The van der Waals surface area contributed by atoms with Gasteiger partial charge in [-0.15, -0.1) is 0 Å². The van der Waals surface area contributed by atoms with Crippen molar-refractivity contribution in [2.75, 3.05) is 43.4 Å². The fourth-order valence-electron chi connectivity index (χ4n) is 2.03. The second-order valence-electron chi connectivity index (χ2n) is 4.32. The number of amides is 1. The summed E-state index contributed by atoms with van der Waals surface area (Å²) in [5.41, 5.74) is 0. The average Bonchev–Trinajstić information content (AvgIpc) is 2.63. The SMILES string of the molecule is CNc1nc(Cl)nc(N2CCCN(C(C)=O)CC2)n1. The molecule has 0 spiro atoms. The summed E-state index contributed by atoms with van der Waals surface area (Å²) in [5.74, 6) is 1.10. The van der Waals surface area contributed by atoms with Gasteiger partial charge in [0.15, 0.2) is 0 Å². The van der Waals surface area contributed by atoms with Gasteiger partial charge >= 0.3 is 0 Å². The summed E-state index contributed by atoms with van der Waals surface area (Å²) in [6.07, 6.45) is 0.887. The zero-order chi connectivity index (χ0) is 13.8. The van der Waals surface area contributed by atoms with Gasteiger partial charge in [-0.2, -0.15) is 15.0 Å². The Labute approximate surface area is 117 Å². The van der Waals surface area contributed by atoms with Crippen molar-refractivity contribution in [3.05, 3.63) is 5.28 Å². The molecule has 1 N–H and O–H groups in total. The van der Waals surface area contributed by atoms with E-state index in [0.717, 1.165) is 19.5 Å². The Morgan fingerprint density at radius 2 is 2.00 bits per heavy atom. The fourth-order valence-corrected chi connectivity index (χ4v) is 2.18. The van der Waals surface area contributed by atoms with Crippen molar-refractivity contribution in [3.63, 3.8) is 0 Å². The molecule has 8 heteroatoms. The van der Waals surface area contributed by atoms with Gasteiger partial charge in [0, 0.05) is 40.2 Å². The molecule has 104 valence electrons. The van der Waals surface area contributed by atoms with Crippen LogP contribution in [0.5, 0.6) is 0 Å². The molecular weight excluding hydrogens is 268 g/mol. The van der Waals surface area contributed by atoms with Crippen molar-refractivity contribution in [2.24, 2.45) is 0 Å². The highest BCUT2D eigenvalue weighted by Crippen LogP contribution is 2.15. The van der Waals surface area contributed by atoms with E-state index in [-0.39, 0.29) is 11.2 Å². The Morgan fingerprint density at radius 3 is 2.68 bits per heavy atom. The molecule has 1 aromatic heterocycles. The first-order valence-corrected chi connectivity index (χ1v) is 6.57. The van der Waals surface area contributed by atoms with Gasteiger partial charge in [-0.1, -0.05) is 0 Å². The topological polar surface area (TPSA) is 74.2 Å². The van der Waals surface area contributed by atoms with Crippen molar-refractivity contribution in [1.82, 2.24) is 19.9 Å². The largest absolute Gasteiger partial charge is 0.357 e. The molecule has 0 radical (unpaired) electrons. The standard InChI is InChI=1S/C11H17ClN6O/c1-8(19)17-4-3-5-18(7-6-17)11-15-9(12)14-10(13-2)16-11/h3-7H2,1-2H3,(H,13,14,15,16). The summed E-state index contributed by atoms with van der Waals surface area (Å²) in [5, 5.41) is 3.02. The van der Waals surface area contributed by atoms with E-state index in [1.807, 2.05) is 9.80 Å². The summed E-state index contributed by atoms with van der Waals surface area (Å²) in [6, 6.07) is 0. The van der Waals surface area contributed by atoms with E-state index >= 15 is 0 Å². The molecule has 0 aromatic carbocycles. The number of hydrogen-bond donors (Lipinski definition) is 1. The number of hydrogen-bond acceptors (Lipinski definition) is 6. The van der Waals surface area contributed by atoms with E-state index in [4.69, 9.17) is 11.6 Å². The number of nitrogens with zero attached hydrogens (tertiary/aromatic N) is 5. The molecule has 1 aliphatic rings. The van der Waals surface area contributed by atoms with E-state index in [9.17, 15) is 4.79 Å². The molecule has 1 aromatic rings. The molecular formula is C11H17ClN6O. The maximum absolute atomic E-state index is 11.4. The van der Waals surface area contributed by atoms with Gasteiger partial charge in [-0.25, -0.2) is 0 Å². The summed E-state index contributed by atoms with van der Waals surface area (Å²) >= 11 is 5.87. The van der Waals surface area contributed by atoms with Crippen LogP contribution in [0.3, 0.4) is 0 Å². The highest BCUT2D eigenvalue weighted by atomic mass is 35.5. The molecule has 0 bridgehead atoms. The predicted octanol–water partition coefficient (Wildman–Crippen LogP) is 0.625. The van der Waals surface area contributed by atoms with Gasteiger partial charge in [-0.3, -0.25) is 4.79 Å². The second kappa shape index (κ2) is 6.01. The smallest absolute Gasteiger partial charge is 0.231 e. The first-order chi connectivity index (χ1) is 9.10. The van der Waals surface area contributed by atoms with Gasteiger partial charge in [0.1, 0.15) is 0 Å². The van der Waals surface area contributed by atoms with Crippen LogP contribution in [-0.2, 0) is 4.79 Å². The molecule has 0 atom stereocenters. The van der Waals surface area contributed by atoms with E-state index in [1.54, 1.807) is 14.0 Å². The van der Waals surface area contributed by atoms with Crippen LogP contribution in [0, 0.1) is 0 Å². The molecule has 1 aliphatic heterocycles. The highest BCUT2D eigenvalue weighted by Gasteiger charge is 2.19. The van der Waals surface area contributed by atoms with E-state index in [2.05, 4.69) is 20.3 Å². The molecule has 1 fully saturated rings. The molecule has 1 amide bonds. The van der Waals surface area contributed by atoms with Crippen LogP contribution in [0.25, 0.3) is 0 Å². The normalized spacial score (nSPS) is 16.2. The van der Waals surface area contributed by atoms with E-state index < -0.39 is 0 Å². The minimum absolute atomic E-state index is 0.103. The lowest BCUT2D eigenvalue weighted by molar-refractivity contribution is -0.128. The van der Waals surface area contributed by atoms with Gasteiger partial charge in [0.25, 0.3) is 0 Å². The van der Waals surface area contributed by atoms with Crippen LogP contribution in [-0.4, -0.2) is 59.0 Å². The lowest BCUT2D eigenvalue weighted by Crippen LogP contribution is -2.34. The Balaban J connectivity index is 2.13. The maximum atomic E-state index is 11.4. The van der Waals surface area contributed by atoms with E-state index in [0.29, 0.717) is 25.0 Å². The van der Waals surface area contributed by atoms with Gasteiger partial charge in [0.2, 0.25) is 23.1 Å². The van der Waals surface area contributed by atoms with Gasteiger partial charge < -0.3 is 15.1 Å². The molecule has 0 unspecified atom stereocenters. The molecule has 2 heterocycles. The van der Waals surface area contributed by atoms with Crippen LogP contribution in [0.1, 0.15) is 13.3 Å². The molecule has 0 aliphatic carbocycles. The van der Waals surface area contributed by atoms with Crippen LogP contribution >= 0.6 is 11.6 Å². The number of nitrogens with one attached hydrogen (secondary N) is 1. The van der Waals surface area contributed by atoms with Crippen molar-refractivity contribution in [1.29, 1.82) is 0 Å². The summed E-state index contributed by atoms with van der Waals surface area (Å²) in [7, 11) is 1.73. The van der Waals surface area contributed by atoms with Crippen LogP contribution in [0.15, 0.2) is 0 Å². The van der Waals surface area contributed by atoms with Crippen LogP contribution in [0.2, 0.25) is 5.28 Å². The number of carbonyl (C=O) groups is 1. The van der Waals surface area contributed by atoms with Crippen molar-refractivity contribution >= 4 is 29.4 Å². The summed E-state index contributed by atoms with van der Waals surface area (Å²) in [4.78, 5) is 27.6. The molecule has 0 saturated carbocycles. The molecule has 2 rings (SSSR count). The zero-order valence-electron chi connectivity index (χ0n) is 11.1. The quantitative estimate of drug-likeness (QED) is 0.858. The minimum atomic E-state index is 0.103. The van der Waals surface area contributed by atoms with E-state index in [1.165, 1.54) is 0 Å². The molecule has 1 saturated heterocycles. The first-order valence-electron chi connectivity index (χ1n) is 6.20. The Kier molecular flexibility index (Phi) is 4.36. The number of halogens is 1. The number of anilines is 2. The lowest BCUT2D eigenvalue weighted by Gasteiger charge is -2.21. The first kappa shape index (κ1) is 13.8. The third-order valence-electron chi connectivity index (χ3n) is 3.04. The Hall–Kier alpha value is -1.63. The molecule has 7 nitrogen and oxygen atoms in total. The third kappa shape index (κ3) is 3.44. The van der Waals surface area contributed by atoms with Crippen LogP contribution in [0.4, 0.5) is 11.9 Å². The van der Waals surface area contributed by atoms with Crippen LogP contribution < -0.4 is 10.2 Å². The maximum Gasteiger partial charge on any atom is 0.231 e. The number of carbonyl (C=O) groups excluding carboxylic acids is 1. The third-order valence-corrected chi connectivity index (χ3v) is 3.21. The van der Waals surface area contributed by atoms with Crippen molar-refractivity contribution in [2.45, 2.75) is 13.3 Å². The average molecular weight is 285 g/mol.